The summed E-state index contributed by atoms with van der Waals surface area (Å²) in [5, 5.41) is 2.73. The summed E-state index contributed by atoms with van der Waals surface area (Å²) in [6.45, 7) is 1.46. The van der Waals surface area contributed by atoms with Crippen LogP contribution >= 0.6 is 0 Å². The van der Waals surface area contributed by atoms with Gasteiger partial charge in [0.15, 0.2) is 0 Å². The molecule has 1 aliphatic carbocycles. The zero-order valence-corrected chi connectivity index (χ0v) is 12.9. The van der Waals surface area contributed by atoms with Crippen LogP contribution in [0.2, 0.25) is 0 Å². The molecule has 6 heteroatoms. The summed E-state index contributed by atoms with van der Waals surface area (Å²) < 4.78 is 18.1. The lowest BCUT2D eigenvalue weighted by Gasteiger charge is -2.17. The number of rotatable bonds is 2. The van der Waals surface area contributed by atoms with Crippen molar-refractivity contribution in [1.29, 1.82) is 0 Å². The number of allylic oxidation sites excluding steroid dienone is 2. The molecule has 1 aromatic carbocycles. The van der Waals surface area contributed by atoms with Crippen molar-refractivity contribution in [2.45, 2.75) is 12.8 Å². The molecule has 2 amide bonds. The van der Waals surface area contributed by atoms with E-state index in [1.807, 2.05) is 0 Å². The molecule has 1 aromatic rings. The van der Waals surface area contributed by atoms with Crippen LogP contribution in [0, 0.1) is 17.7 Å². The van der Waals surface area contributed by atoms with Gasteiger partial charge >= 0.3 is 12.0 Å². The second kappa shape index (κ2) is 6.40. The molecule has 122 valence electrons. The van der Waals surface area contributed by atoms with E-state index >= 15 is 0 Å². The Bertz CT molecular complexity index is 643. The number of fused-ring (bicyclic) bond motifs is 1. The second-order valence-corrected chi connectivity index (χ2v) is 5.98. The first kappa shape index (κ1) is 15.5. The third-order valence-electron chi connectivity index (χ3n) is 4.53. The predicted octanol–water partition coefficient (Wildman–Crippen LogP) is 3.04. The first-order valence-corrected chi connectivity index (χ1v) is 7.67. The summed E-state index contributed by atoms with van der Waals surface area (Å²) in [4.78, 5) is 25.7. The summed E-state index contributed by atoms with van der Waals surface area (Å²) in [5.74, 6) is -0.404. The highest BCUT2D eigenvalue weighted by atomic mass is 19.1. The van der Waals surface area contributed by atoms with Crippen LogP contribution in [0.25, 0.3) is 0 Å². The number of likely N-dealkylation sites (tertiary alicyclic amines) is 1. The lowest BCUT2D eigenvalue weighted by atomic mass is 9.86. The maximum Gasteiger partial charge on any atom is 0.340 e. The van der Waals surface area contributed by atoms with E-state index in [1.165, 1.54) is 19.2 Å². The van der Waals surface area contributed by atoms with E-state index < -0.39 is 11.8 Å². The number of methoxy groups -OCH3 is 1. The molecule has 2 aliphatic rings. The Labute approximate surface area is 134 Å². The summed E-state index contributed by atoms with van der Waals surface area (Å²) in [5.41, 5.74) is 0.189. The predicted molar refractivity (Wildman–Crippen MR) is 83.7 cm³/mol. The lowest BCUT2D eigenvalue weighted by molar-refractivity contribution is 0.0595. The monoisotopic (exact) mass is 318 g/mol. The van der Waals surface area contributed by atoms with Gasteiger partial charge < -0.3 is 15.0 Å². The van der Waals surface area contributed by atoms with Gasteiger partial charge in [-0.3, -0.25) is 0 Å². The standard InChI is InChI=1S/C17H19FN2O3/c1-23-16(21)14-8-13(6-7-15(14)18)19-17(22)20-9-11-4-2-3-5-12(11)10-20/h2-3,6-8,11-12H,4-5,9-10H2,1H3,(H,19,22). The van der Waals surface area contributed by atoms with Gasteiger partial charge in [-0.05, 0) is 42.9 Å². The fourth-order valence-electron chi connectivity index (χ4n) is 3.25. The maximum absolute atomic E-state index is 13.6. The highest BCUT2D eigenvalue weighted by Crippen LogP contribution is 2.33. The zero-order chi connectivity index (χ0) is 16.4. The first-order chi connectivity index (χ1) is 11.1. The minimum atomic E-state index is -0.767. The van der Waals surface area contributed by atoms with E-state index in [9.17, 15) is 14.0 Å². The van der Waals surface area contributed by atoms with E-state index in [1.54, 1.807) is 4.90 Å². The number of amides is 2. The number of hydrogen-bond acceptors (Lipinski definition) is 3. The fourth-order valence-corrected chi connectivity index (χ4v) is 3.25. The molecule has 1 fully saturated rings. The number of ether oxygens (including phenoxy) is 1. The third kappa shape index (κ3) is 3.21. The normalized spacial score (nSPS) is 22.6. The molecule has 0 saturated carbocycles. The smallest absolute Gasteiger partial charge is 0.340 e. The molecule has 2 atom stereocenters. The van der Waals surface area contributed by atoms with Crippen LogP contribution in [0.1, 0.15) is 23.2 Å². The molecular formula is C17H19FN2O3. The van der Waals surface area contributed by atoms with Crippen molar-refractivity contribution in [1.82, 2.24) is 4.90 Å². The summed E-state index contributed by atoms with van der Waals surface area (Å²) >= 11 is 0. The molecule has 0 radical (unpaired) electrons. The van der Waals surface area contributed by atoms with Crippen LogP contribution in [0.4, 0.5) is 14.9 Å². The Morgan fingerprint density at radius 1 is 1.22 bits per heavy atom. The van der Waals surface area contributed by atoms with Gasteiger partial charge in [0.25, 0.3) is 0 Å². The maximum atomic E-state index is 13.6. The molecule has 0 spiro atoms. The average Bonchev–Trinajstić information content (AvgIpc) is 3.00. The topological polar surface area (TPSA) is 58.6 Å². The fraction of sp³-hybridized carbons (Fsp3) is 0.412. The molecule has 23 heavy (non-hydrogen) atoms. The van der Waals surface area contributed by atoms with Crippen molar-refractivity contribution >= 4 is 17.7 Å². The van der Waals surface area contributed by atoms with Gasteiger partial charge in [-0.25, -0.2) is 14.0 Å². The number of nitrogens with one attached hydrogen (secondary N) is 1. The van der Waals surface area contributed by atoms with Gasteiger partial charge in [-0.15, -0.1) is 0 Å². The second-order valence-electron chi connectivity index (χ2n) is 5.98. The molecule has 1 saturated heterocycles. The summed E-state index contributed by atoms with van der Waals surface area (Å²) in [6, 6.07) is 3.66. The van der Waals surface area contributed by atoms with E-state index in [4.69, 9.17) is 0 Å². The molecular weight excluding hydrogens is 299 g/mol. The minimum absolute atomic E-state index is 0.190. The van der Waals surface area contributed by atoms with Crippen molar-refractivity contribution < 1.29 is 18.7 Å². The van der Waals surface area contributed by atoms with Gasteiger partial charge in [-0.1, -0.05) is 12.2 Å². The number of carbonyl (C=O) groups is 2. The molecule has 1 aliphatic heterocycles. The molecule has 5 nitrogen and oxygen atoms in total. The molecule has 1 heterocycles. The van der Waals surface area contributed by atoms with Gasteiger partial charge in [0.1, 0.15) is 5.82 Å². The number of esters is 1. The molecule has 2 unspecified atom stereocenters. The SMILES string of the molecule is COC(=O)c1cc(NC(=O)N2CC3CC=CCC3C2)ccc1F. The Morgan fingerprint density at radius 2 is 1.87 bits per heavy atom. The van der Waals surface area contributed by atoms with Crippen LogP contribution in [-0.4, -0.2) is 37.1 Å². The summed E-state index contributed by atoms with van der Waals surface area (Å²) in [6.07, 6.45) is 6.37. The lowest BCUT2D eigenvalue weighted by Crippen LogP contribution is -2.33. The van der Waals surface area contributed by atoms with Crippen LogP contribution in [-0.2, 0) is 4.74 Å². The van der Waals surface area contributed by atoms with E-state index in [-0.39, 0.29) is 11.6 Å². The summed E-state index contributed by atoms with van der Waals surface area (Å²) in [7, 11) is 1.19. The van der Waals surface area contributed by atoms with E-state index in [2.05, 4.69) is 22.2 Å². The molecule has 0 bridgehead atoms. The van der Waals surface area contributed by atoms with Gasteiger partial charge in [-0.2, -0.15) is 0 Å². The van der Waals surface area contributed by atoms with Gasteiger partial charge in [0.05, 0.1) is 12.7 Å². The van der Waals surface area contributed by atoms with Crippen molar-refractivity contribution in [3.05, 3.63) is 41.7 Å². The molecule has 1 N–H and O–H groups in total. The molecule has 3 rings (SSSR count). The van der Waals surface area contributed by atoms with E-state index in [0.717, 1.165) is 32.0 Å². The number of hydrogen-bond donors (Lipinski definition) is 1. The number of benzene rings is 1. The Kier molecular flexibility index (Phi) is 4.32. The number of anilines is 1. The Hall–Kier alpha value is -2.37. The van der Waals surface area contributed by atoms with Gasteiger partial charge in [0.2, 0.25) is 0 Å². The van der Waals surface area contributed by atoms with Crippen molar-refractivity contribution in [3.8, 4) is 0 Å². The first-order valence-electron chi connectivity index (χ1n) is 7.67. The van der Waals surface area contributed by atoms with E-state index in [0.29, 0.717) is 17.5 Å². The number of nitrogens with zero attached hydrogens (tertiary/aromatic N) is 1. The number of urea groups is 1. The van der Waals surface area contributed by atoms with Gasteiger partial charge in [0, 0.05) is 18.8 Å². The Balaban J connectivity index is 1.68. The Morgan fingerprint density at radius 3 is 2.48 bits per heavy atom. The highest BCUT2D eigenvalue weighted by molar-refractivity contribution is 5.94. The minimum Gasteiger partial charge on any atom is -0.465 e. The molecule has 0 aromatic heterocycles. The largest absolute Gasteiger partial charge is 0.465 e. The average molecular weight is 318 g/mol. The highest BCUT2D eigenvalue weighted by Gasteiger charge is 2.35. The van der Waals surface area contributed by atoms with Crippen molar-refractivity contribution in [2.75, 3.05) is 25.5 Å². The number of halogens is 1. The van der Waals surface area contributed by atoms with Crippen LogP contribution in [0.15, 0.2) is 30.4 Å². The van der Waals surface area contributed by atoms with Crippen molar-refractivity contribution in [2.24, 2.45) is 11.8 Å². The van der Waals surface area contributed by atoms with Crippen LogP contribution < -0.4 is 5.32 Å². The van der Waals surface area contributed by atoms with Crippen LogP contribution in [0.5, 0.6) is 0 Å². The van der Waals surface area contributed by atoms with Crippen LogP contribution in [0.3, 0.4) is 0 Å². The quantitative estimate of drug-likeness (QED) is 0.673. The number of carbonyl (C=O) groups excluding carboxylic acids is 2. The third-order valence-corrected chi connectivity index (χ3v) is 4.53. The van der Waals surface area contributed by atoms with Crippen molar-refractivity contribution in [3.63, 3.8) is 0 Å². The zero-order valence-electron chi connectivity index (χ0n) is 12.9.